The third-order valence-corrected chi connectivity index (χ3v) is 2.52. The molecule has 0 saturated heterocycles. The number of aromatic nitrogens is 2. The van der Waals surface area contributed by atoms with Crippen molar-refractivity contribution >= 4 is 11.7 Å². The van der Waals surface area contributed by atoms with E-state index in [1.807, 2.05) is 17.7 Å². The van der Waals surface area contributed by atoms with Crippen LogP contribution in [0.2, 0.25) is 0 Å². The normalized spacial score (nSPS) is 22.1. The maximum atomic E-state index is 11.7. The van der Waals surface area contributed by atoms with Crippen LogP contribution in [0.3, 0.4) is 0 Å². The van der Waals surface area contributed by atoms with E-state index in [-0.39, 0.29) is 5.91 Å². The van der Waals surface area contributed by atoms with Crippen molar-refractivity contribution in [3.63, 3.8) is 0 Å². The molecule has 1 aromatic heterocycles. The molecule has 1 atom stereocenters. The van der Waals surface area contributed by atoms with Crippen LogP contribution in [0.4, 0.5) is 5.82 Å². The van der Waals surface area contributed by atoms with Crippen LogP contribution in [0.1, 0.15) is 12.1 Å². The van der Waals surface area contributed by atoms with Gasteiger partial charge in [0.15, 0.2) is 0 Å². The fourth-order valence-corrected chi connectivity index (χ4v) is 1.71. The Bertz CT molecular complexity index is 371. The van der Waals surface area contributed by atoms with Gasteiger partial charge in [-0.05, 0) is 13.3 Å². The van der Waals surface area contributed by atoms with Crippen LogP contribution in [0.25, 0.3) is 0 Å². The first kappa shape index (κ1) is 9.21. The fourth-order valence-electron chi connectivity index (χ4n) is 1.71. The summed E-state index contributed by atoms with van der Waals surface area (Å²) in [6.07, 6.45) is 0.650. The summed E-state index contributed by atoms with van der Waals surface area (Å²) in [5.41, 5.74) is 6.64. The molecule has 2 rings (SSSR count). The van der Waals surface area contributed by atoms with E-state index >= 15 is 0 Å². The first-order chi connectivity index (χ1) is 6.59. The molecule has 1 aliphatic rings. The van der Waals surface area contributed by atoms with Gasteiger partial charge in [-0.2, -0.15) is 5.10 Å². The Morgan fingerprint density at radius 3 is 3.07 bits per heavy atom. The van der Waals surface area contributed by atoms with E-state index < -0.39 is 6.04 Å². The molecule has 5 nitrogen and oxygen atoms in total. The Kier molecular flexibility index (Phi) is 2.03. The lowest BCUT2D eigenvalue weighted by Crippen LogP contribution is -2.40. The number of anilines is 1. The quantitative estimate of drug-likeness (QED) is 0.626. The van der Waals surface area contributed by atoms with Crippen LogP contribution >= 0.6 is 0 Å². The van der Waals surface area contributed by atoms with Crippen molar-refractivity contribution in [1.82, 2.24) is 9.78 Å². The topological polar surface area (TPSA) is 64.2 Å². The highest BCUT2D eigenvalue weighted by Gasteiger charge is 2.25. The third kappa shape index (κ3) is 1.29. The average Bonchev–Trinajstić information content (AvgIpc) is 2.49. The molecule has 1 amide bonds. The zero-order valence-corrected chi connectivity index (χ0v) is 8.40. The number of aryl methyl sites for hydroxylation is 2. The summed E-state index contributed by atoms with van der Waals surface area (Å²) in [6, 6.07) is 1.50. The highest BCUT2D eigenvalue weighted by atomic mass is 16.2. The summed E-state index contributed by atoms with van der Waals surface area (Å²) in [5.74, 6) is 0.795. The smallest absolute Gasteiger partial charge is 0.244 e. The van der Waals surface area contributed by atoms with Gasteiger partial charge in [-0.3, -0.25) is 9.69 Å². The predicted octanol–water partition coefficient (Wildman–Crippen LogP) is -0.115. The van der Waals surface area contributed by atoms with Crippen LogP contribution in [0.15, 0.2) is 6.07 Å². The molecule has 0 spiro atoms. The van der Waals surface area contributed by atoms with E-state index in [4.69, 9.17) is 5.73 Å². The van der Waals surface area contributed by atoms with E-state index in [0.717, 1.165) is 11.5 Å². The molecule has 1 aromatic rings. The Balaban J connectivity index is 2.43. The van der Waals surface area contributed by atoms with Gasteiger partial charge in [0.05, 0.1) is 11.7 Å². The molecule has 0 unspecified atom stereocenters. The summed E-state index contributed by atoms with van der Waals surface area (Å²) in [6.45, 7) is 2.63. The lowest BCUT2D eigenvalue weighted by Gasteiger charge is -2.16. The van der Waals surface area contributed by atoms with Gasteiger partial charge in [-0.25, -0.2) is 4.68 Å². The second kappa shape index (κ2) is 3.09. The van der Waals surface area contributed by atoms with Gasteiger partial charge in [-0.1, -0.05) is 0 Å². The van der Waals surface area contributed by atoms with Gasteiger partial charge in [0.25, 0.3) is 0 Å². The van der Waals surface area contributed by atoms with Crippen molar-refractivity contribution in [2.45, 2.75) is 25.9 Å². The molecule has 14 heavy (non-hydrogen) atoms. The Labute approximate surface area is 82.5 Å². The van der Waals surface area contributed by atoms with Crippen LogP contribution in [-0.4, -0.2) is 28.8 Å². The van der Waals surface area contributed by atoms with Gasteiger partial charge in [0.1, 0.15) is 5.82 Å². The molecular formula is C9H14N4O. The molecular weight excluding hydrogens is 180 g/mol. The van der Waals surface area contributed by atoms with Crippen molar-refractivity contribution in [3.8, 4) is 0 Å². The molecule has 0 radical (unpaired) electrons. The molecule has 0 aliphatic carbocycles. The van der Waals surface area contributed by atoms with E-state index in [2.05, 4.69) is 5.10 Å². The summed E-state index contributed by atoms with van der Waals surface area (Å²) >= 11 is 0. The SMILES string of the molecule is Cc1cc2n(n1)CC[C@H](N)C(=O)N2C. The van der Waals surface area contributed by atoms with Gasteiger partial charge in [-0.15, -0.1) is 0 Å². The highest BCUT2D eigenvalue weighted by molar-refractivity contribution is 5.96. The van der Waals surface area contributed by atoms with Crippen molar-refractivity contribution in [1.29, 1.82) is 0 Å². The van der Waals surface area contributed by atoms with Gasteiger partial charge < -0.3 is 5.73 Å². The minimum Gasteiger partial charge on any atom is -0.320 e. The number of carbonyl (C=O) groups excluding carboxylic acids is 1. The predicted molar refractivity (Wildman–Crippen MR) is 53.0 cm³/mol. The molecule has 5 heteroatoms. The molecule has 0 saturated carbocycles. The maximum absolute atomic E-state index is 11.7. The standard InChI is InChI=1S/C9H14N4O/c1-6-5-8-12(2)9(14)7(10)3-4-13(8)11-6/h5,7H,3-4,10H2,1-2H3/t7-/m0/s1. The number of rotatable bonds is 0. The van der Waals surface area contributed by atoms with Crippen LogP contribution in [0, 0.1) is 6.92 Å². The summed E-state index contributed by atoms with van der Waals surface area (Å²) in [7, 11) is 1.74. The Morgan fingerprint density at radius 2 is 2.36 bits per heavy atom. The Morgan fingerprint density at radius 1 is 1.64 bits per heavy atom. The highest BCUT2D eigenvalue weighted by Crippen LogP contribution is 2.19. The average molecular weight is 194 g/mol. The van der Waals surface area contributed by atoms with E-state index in [1.165, 1.54) is 0 Å². The minimum absolute atomic E-state index is 0.0383. The number of hydrogen-bond acceptors (Lipinski definition) is 3. The lowest BCUT2D eigenvalue weighted by molar-refractivity contribution is -0.119. The molecule has 0 bridgehead atoms. The lowest BCUT2D eigenvalue weighted by atomic mass is 10.2. The molecule has 1 aliphatic heterocycles. The monoisotopic (exact) mass is 194 g/mol. The number of nitrogens with zero attached hydrogens (tertiary/aromatic N) is 3. The van der Waals surface area contributed by atoms with Crippen molar-refractivity contribution in [3.05, 3.63) is 11.8 Å². The largest absolute Gasteiger partial charge is 0.320 e. The molecule has 0 aromatic carbocycles. The summed E-state index contributed by atoms with van der Waals surface area (Å²) in [5, 5.41) is 4.30. The number of hydrogen-bond donors (Lipinski definition) is 1. The molecule has 2 N–H and O–H groups in total. The van der Waals surface area contributed by atoms with Crippen LogP contribution < -0.4 is 10.6 Å². The summed E-state index contributed by atoms with van der Waals surface area (Å²) < 4.78 is 1.83. The van der Waals surface area contributed by atoms with Crippen LogP contribution in [-0.2, 0) is 11.3 Å². The zero-order chi connectivity index (χ0) is 10.3. The van der Waals surface area contributed by atoms with Crippen molar-refractivity contribution in [2.75, 3.05) is 11.9 Å². The number of amides is 1. The Hall–Kier alpha value is -1.36. The van der Waals surface area contributed by atoms with Crippen molar-refractivity contribution in [2.24, 2.45) is 5.73 Å². The second-order valence-corrected chi connectivity index (χ2v) is 3.66. The summed E-state index contributed by atoms with van der Waals surface area (Å²) in [4.78, 5) is 13.3. The van der Waals surface area contributed by atoms with E-state index in [9.17, 15) is 4.79 Å². The number of carbonyl (C=O) groups is 1. The fraction of sp³-hybridized carbons (Fsp3) is 0.556. The molecule has 0 fully saturated rings. The number of fused-ring (bicyclic) bond motifs is 1. The van der Waals surface area contributed by atoms with Gasteiger partial charge in [0, 0.05) is 19.7 Å². The second-order valence-electron chi connectivity index (χ2n) is 3.66. The zero-order valence-electron chi connectivity index (χ0n) is 8.40. The first-order valence-corrected chi connectivity index (χ1v) is 4.67. The first-order valence-electron chi connectivity index (χ1n) is 4.67. The maximum Gasteiger partial charge on any atom is 0.244 e. The van der Waals surface area contributed by atoms with Gasteiger partial charge in [0.2, 0.25) is 5.91 Å². The minimum atomic E-state index is -0.401. The van der Waals surface area contributed by atoms with E-state index in [1.54, 1.807) is 11.9 Å². The molecule has 2 heterocycles. The van der Waals surface area contributed by atoms with Crippen molar-refractivity contribution < 1.29 is 4.79 Å². The third-order valence-electron chi connectivity index (χ3n) is 2.52. The van der Waals surface area contributed by atoms with E-state index in [0.29, 0.717) is 13.0 Å². The number of nitrogens with two attached hydrogens (primary N) is 1. The molecule has 76 valence electrons. The number of likely N-dealkylation sites (N-methyl/N-ethyl adjacent to an activating group) is 1. The van der Waals surface area contributed by atoms with Crippen LogP contribution in [0.5, 0.6) is 0 Å². The van der Waals surface area contributed by atoms with Gasteiger partial charge >= 0.3 is 0 Å².